The lowest BCUT2D eigenvalue weighted by molar-refractivity contribution is -0.132. The Bertz CT molecular complexity index is 682. The van der Waals surface area contributed by atoms with E-state index in [-0.39, 0.29) is 13.0 Å². The first-order chi connectivity index (χ1) is 11.1. The summed E-state index contributed by atoms with van der Waals surface area (Å²) in [5.74, 6) is -0.0491. The summed E-state index contributed by atoms with van der Waals surface area (Å²) in [6.07, 6.45) is 1.28. The predicted octanol–water partition coefficient (Wildman–Crippen LogP) is 5.14. The third-order valence-electron chi connectivity index (χ3n) is 2.72. The van der Waals surface area contributed by atoms with Crippen LogP contribution in [-0.2, 0) is 16.2 Å². The van der Waals surface area contributed by atoms with Gasteiger partial charge >= 0.3 is 5.97 Å². The van der Waals surface area contributed by atoms with Crippen molar-refractivity contribution in [2.45, 2.75) is 13.0 Å². The highest BCUT2D eigenvalue weighted by Gasteiger charge is 2.06. The molecule has 0 heterocycles. The highest BCUT2D eigenvalue weighted by molar-refractivity contribution is 6.35. The molecule has 0 aromatic heterocycles. The van der Waals surface area contributed by atoms with Crippen molar-refractivity contribution in [2.75, 3.05) is 0 Å². The van der Waals surface area contributed by atoms with E-state index in [1.165, 1.54) is 6.21 Å². The van der Waals surface area contributed by atoms with E-state index in [9.17, 15) is 4.79 Å². The summed E-state index contributed by atoms with van der Waals surface area (Å²) < 4.78 is 5.09. The maximum absolute atomic E-state index is 11.6. The Morgan fingerprint density at radius 1 is 1.04 bits per heavy atom. The van der Waals surface area contributed by atoms with Crippen LogP contribution in [0.4, 0.5) is 0 Å². The van der Waals surface area contributed by atoms with E-state index >= 15 is 0 Å². The molecule has 0 radical (unpaired) electrons. The van der Waals surface area contributed by atoms with Crippen LogP contribution in [0.2, 0.25) is 15.1 Å². The van der Waals surface area contributed by atoms with Gasteiger partial charge in [0.2, 0.25) is 0 Å². The summed E-state index contributed by atoms with van der Waals surface area (Å²) in [6, 6.07) is 11.6. The van der Waals surface area contributed by atoms with Crippen LogP contribution >= 0.6 is 34.8 Å². The zero-order valence-electron chi connectivity index (χ0n) is 11.8. The fourth-order valence-electron chi connectivity index (χ4n) is 1.61. The van der Waals surface area contributed by atoms with E-state index in [0.717, 1.165) is 0 Å². The highest BCUT2D eigenvalue weighted by Crippen LogP contribution is 2.24. The predicted molar refractivity (Wildman–Crippen MR) is 91.4 cm³/mol. The minimum atomic E-state index is -0.463. The zero-order chi connectivity index (χ0) is 16.7. The first-order valence-corrected chi connectivity index (χ1v) is 7.72. The number of carbonyl (C=O) groups excluding carboxylic acids is 1. The summed E-state index contributed by atoms with van der Waals surface area (Å²) in [7, 11) is 0. The Morgan fingerprint density at radius 2 is 1.70 bits per heavy atom. The van der Waals surface area contributed by atoms with Gasteiger partial charge in [-0.3, -0.25) is 4.79 Å². The highest BCUT2D eigenvalue weighted by atomic mass is 35.5. The van der Waals surface area contributed by atoms with Gasteiger partial charge in [0.1, 0.15) is 12.4 Å². The molecule has 4 nitrogen and oxygen atoms in total. The quantitative estimate of drug-likeness (QED) is 0.305. The number of ether oxygens (including phenoxy) is 1. The molecule has 0 fully saturated rings. The molecule has 0 amide bonds. The van der Waals surface area contributed by atoms with Gasteiger partial charge in [-0.05, 0) is 36.4 Å². The molecule has 0 aliphatic heterocycles. The molecular formula is C16H12Cl3NO3. The topological polar surface area (TPSA) is 47.9 Å². The van der Waals surface area contributed by atoms with Gasteiger partial charge < -0.3 is 9.57 Å². The molecule has 2 rings (SSSR count). The van der Waals surface area contributed by atoms with Crippen LogP contribution in [0.5, 0.6) is 5.75 Å². The first-order valence-electron chi connectivity index (χ1n) is 6.59. The largest absolute Gasteiger partial charge is 0.426 e. The van der Waals surface area contributed by atoms with Gasteiger partial charge in [-0.2, -0.15) is 0 Å². The fourth-order valence-corrected chi connectivity index (χ4v) is 2.24. The molecule has 0 atom stereocenters. The normalized spacial score (nSPS) is 10.7. The van der Waals surface area contributed by atoms with Crippen LogP contribution in [0.25, 0.3) is 0 Å². The number of halogens is 3. The van der Waals surface area contributed by atoms with E-state index in [1.54, 1.807) is 42.5 Å². The van der Waals surface area contributed by atoms with Gasteiger partial charge in [-0.25, -0.2) is 0 Å². The van der Waals surface area contributed by atoms with Crippen LogP contribution < -0.4 is 4.74 Å². The Kier molecular flexibility index (Phi) is 6.71. The van der Waals surface area contributed by atoms with Gasteiger partial charge in [0.15, 0.2) is 0 Å². The molecule has 2 aromatic carbocycles. The molecule has 0 spiro atoms. The van der Waals surface area contributed by atoms with Crippen molar-refractivity contribution < 1.29 is 14.4 Å². The standard InChI is InChI=1S/C16H12Cl3NO3/c17-11-4-6-12(7-5-11)23-16(21)8-9-20-22-10-13-14(18)2-1-3-15(13)19/h1-7,9H,8,10H2/b20-9+. The van der Waals surface area contributed by atoms with E-state index in [1.807, 2.05) is 0 Å². The van der Waals surface area contributed by atoms with Crippen molar-refractivity contribution in [3.8, 4) is 5.75 Å². The number of esters is 1. The molecule has 0 N–H and O–H groups in total. The van der Waals surface area contributed by atoms with Gasteiger partial charge in [-0.15, -0.1) is 0 Å². The van der Waals surface area contributed by atoms with E-state index < -0.39 is 5.97 Å². The van der Waals surface area contributed by atoms with Crippen molar-refractivity contribution >= 4 is 47.0 Å². The Hall–Kier alpha value is -1.75. The van der Waals surface area contributed by atoms with Crippen LogP contribution in [0.1, 0.15) is 12.0 Å². The fraction of sp³-hybridized carbons (Fsp3) is 0.125. The summed E-state index contributed by atoms with van der Waals surface area (Å²) in [4.78, 5) is 16.7. The summed E-state index contributed by atoms with van der Waals surface area (Å²) >= 11 is 17.7. The number of benzene rings is 2. The number of carbonyl (C=O) groups is 1. The van der Waals surface area contributed by atoms with Crippen molar-refractivity contribution in [2.24, 2.45) is 5.16 Å². The Labute approximate surface area is 148 Å². The zero-order valence-corrected chi connectivity index (χ0v) is 14.1. The average Bonchev–Trinajstić information content (AvgIpc) is 2.52. The maximum Gasteiger partial charge on any atom is 0.316 e. The second kappa shape index (κ2) is 8.77. The minimum absolute atomic E-state index is 0.0289. The lowest BCUT2D eigenvalue weighted by Gasteiger charge is -2.05. The number of oxime groups is 1. The van der Waals surface area contributed by atoms with Crippen molar-refractivity contribution in [1.82, 2.24) is 0 Å². The van der Waals surface area contributed by atoms with Gasteiger partial charge in [0, 0.05) is 20.6 Å². The van der Waals surface area contributed by atoms with Crippen LogP contribution in [0.3, 0.4) is 0 Å². The smallest absolute Gasteiger partial charge is 0.316 e. The van der Waals surface area contributed by atoms with E-state index in [4.69, 9.17) is 44.4 Å². The van der Waals surface area contributed by atoms with Crippen molar-refractivity contribution in [1.29, 1.82) is 0 Å². The molecule has 0 saturated heterocycles. The number of rotatable bonds is 6. The van der Waals surface area contributed by atoms with Crippen LogP contribution in [0, 0.1) is 0 Å². The summed E-state index contributed by atoms with van der Waals surface area (Å²) in [5.41, 5.74) is 0.636. The van der Waals surface area contributed by atoms with Crippen LogP contribution in [-0.4, -0.2) is 12.2 Å². The number of nitrogens with zero attached hydrogens (tertiary/aromatic N) is 1. The molecule has 0 aliphatic carbocycles. The van der Waals surface area contributed by atoms with Gasteiger partial charge in [-0.1, -0.05) is 46.0 Å². The van der Waals surface area contributed by atoms with Gasteiger partial charge in [0.25, 0.3) is 0 Å². The molecule has 0 unspecified atom stereocenters. The van der Waals surface area contributed by atoms with Crippen molar-refractivity contribution in [3.63, 3.8) is 0 Å². The first kappa shape index (κ1) is 17.6. The molecule has 2 aromatic rings. The Balaban J connectivity index is 1.76. The van der Waals surface area contributed by atoms with E-state index in [0.29, 0.717) is 26.4 Å². The van der Waals surface area contributed by atoms with Crippen molar-refractivity contribution in [3.05, 3.63) is 63.1 Å². The lowest BCUT2D eigenvalue weighted by Crippen LogP contribution is -2.08. The lowest BCUT2D eigenvalue weighted by atomic mass is 10.2. The molecule has 120 valence electrons. The van der Waals surface area contributed by atoms with E-state index in [2.05, 4.69) is 5.16 Å². The van der Waals surface area contributed by atoms with Crippen LogP contribution in [0.15, 0.2) is 47.6 Å². The molecule has 0 bridgehead atoms. The number of hydrogen-bond donors (Lipinski definition) is 0. The average molecular weight is 373 g/mol. The molecule has 7 heteroatoms. The minimum Gasteiger partial charge on any atom is -0.426 e. The third-order valence-corrected chi connectivity index (χ3v) is 3.68. The third kappa shape index (κ3) is 5.75. The monoisotopic (exact) mass is 371 g/mol. The second-order valence-corrected chi connectivity index (χ2v) is 5.64. The molecule has 23 heavy (non-hydrogen) atoms. The maximum atomic E-state index is 11.6. The van der Waals surface area contributed by atoms with Gasteiger partial charge in [0.05, 0.1) is 12.6 Å². The summed E-state index contributed by atoms with van der Waals surface area (Å²) in [6.45, 7) is 0.112. The molecular weight excluding hydrogens is 361 g/mol. The molecule has 0 saturated carbocycles. The second-order valence-electron chi connectivity index (χ2n) is 4.39. The Morgan fingerprint density at radius 3 is 2.35 bits per heavy atom. The SMILES string of the molecule is O=C(C/C=N/OCc1c(Cl)cccc1Cl)Oc1ccc(Cl)cc1. The summed E-state index contributed by atoms with van der Waals surface area (Å²) in [5, 5.41) is 5.24. The number of hydrogen-bond acceptors (Lipinski definition) is 4. The molecule has 0 aliphatic rings.